The average molecular weight is 342 g/mol. The Morgan fingerprint density at radius 1 is 1.39 bits per heavy atom. The number of piperidine rings is 1. The summed E-state index contributed by atoms with van der Waals surface area (Å²) in [6, 6.07) is 4.11. The molecule has 1 amide bonds. The molecule has 0 spiro atoms. The third-order valence-corrected chi connectivity index (χ3v) is 6.08. The highest BCUT2D eigenvalue weighted by Gasteiger charge is 2.30. The number of carbonyl (C=O) groups excluding carboxylic acids is 1. The zero-order chi connectivity index (χ0) is 17.0. The molecule has 3 N–H and O–H groups in total. The first-order valence-electron chi connectivity index (χ1n) is 7.49. The van der Waals surface area contributed by atoms with Crippen molar-refractivity contribution in [3.05, 3.63) is 23.8 Å². The molecule has 0 radical (unpaired) electrons. The topological polar surface area (TPSA) is 110 Å². The van der Waals surface area contributed by atoms with Crippen LogP contribution in [0, 0.1) is 5.92 Å². The maximum Gasteiger partial charge on any atom is 0.252 e. The van der Waals surface area contributed by atoms with Crippen molar-refractivity contribution in [2.75, 3.05) is 26.8 Å². The number of rotatable bonds is 6. The molecule has 1 saturated heterocycles. The van der Waals surface area contributed by atoms with E-state index < -0.39 is 15.9 Å². The van der Waals surface area contributed by atoms with Crippen molar-refractivity contribution in [1.82, 2.24) is 4.31 Å². The van der Waals surface area contributed by atoms with E-state index in [1.54, 1.807) is 0 Å². The number of nitrogens with zero attached hydrogens (tertiary/aromatic N) is 1. The number of ether oxygens (including phenoxy) is 1. The molecule has 1 aliphatic rings. The smallest absolute Gasteiger partial charge is 0.252 e. The van der Waals surface area contributed by atoms with Gasteiger partial charge in [0.05, 0.1) is 17.6 Å². The normalized spacial score (nSPS) is 17.1. The highest BCUT2D eigenvalue weighted by Crippen LogP contribution is 2.28. The standard InChI is InChI=1S/C15H22N2O5S/c1-22-14-3-2-12(10-13(14)15(16)19)23(20,21)17-7-4-11(5-8-17)6-9-18/h2-3,10-11,18H,4-9H2,1H3,(H2,16,19). The van der Waals surface area contributed by atoms with E-state index in [1.165, 1.54) is 29.6 Å². The van der Waals surface area contributed by atoms with Crippen LogP contribution in [0.1, 0.15) is 29.6 Å². The first-order valence-corrected chi connectivity index (χ1v) is 8.93. The minimum absolute atomic E-state index is 0.0349. The molecule has 7 nitrogen and oxygen atoms in total. The van der Waals surface area contributed by atoms with Gasteiger partial charge in [0.15, 0.2) is 0 Å². The third-order valence-electron chi connectivity index (χ3n) is 4.19. The van der Waals surface area contributed by atoms with E-state index >= 15 is 0 Å². The van der Waals surface area contributed by atoms with Crippen molar-refractivity contribution in [3.8, 4) is 5.75 Å². The molecule has 128 valence electrons. The van der Waals surface area contributed by atoms with Crippen molar-refractivity contribution in [2.24, 2.45) is 11.7 Å². The lowest BCUT2D eigenvalue weighted by Gasteiger charge is -2.31. The number of sulfonamides is 1. The van der Waals surface area contributed by atoms with Gasteiger partial charge in [-0.3, -0.25) is 4.79 Å². The fraction of sp³-hybridized carbons (Fsp3) is 0.533. The maximum atomic E-state index is 12.7. The number of nitrogens with two attached hydrogens (primary N) is 1. The Morgan fingerprint density at radius 3 is 2.57 bits per heavy atom. The largest absolute Gasteiger partial charge is 0.496 e. The second-order valence-corrected chi connectivity index (χ2v) is 7.52. The molecule has 0 unspecified atom stereocenters. The first-order chi connectivity index (χ1) is 10.9. The van der Waals surface area contributed by atoms with Crippen molar-refractivity contribution in [3.63, 3.8) is 0 Å². The van der Waals surface area contributed by atoms with Gasteiger partial charge in [-0.05, 0) is 43.4 Å². The van der Waals surface area contributed by atoms with E-state index in [1.807, 2.05) is 0 Å². The number of hydrogen-bond acceptors (Lipinski definition) is 5. The van der Waals surface area contributed by atoms with E-state index in [0.717, 1.165) is 12.8 Å². The van der Waals surface area contributed by atoms with Gasteiger partial charge < -0.3 is 15.6 Å². The molecule has 23 heavy (non-hydrogen) atoms. The van der Waals surface area contributed by atoms with E-state index in [2.05, 4.69) is 0 Å². The molecular weight excluding hydrogens is 320 g/mol. The van der Waals surface area contributed by atoms with Crippen molar-refractivity contribution < 1.29 is 23.1 Å². The molecule has 1 aromatic carbocycles. The van der Waals surface area contributed by atoms with Crippen LogP contribution in [-0.4, -0.2) is 50.5 Å². The Hall–Kier alpha value is -1.64. The summed E-state index contributed by atoms with van der Waals surface area (Å²) in [5.41, 5.74) is 5.33. The monoisotopic (exact) mass is 342 g/mol. The molecule has 1 fully saturated rings. The Morgan fingerprint density at radius 2 is 2.04 bits per heavy atom. The van der Waals surface area contributed by atoms with Crippen LogP contribution in [-0.2, 0) is 10.0 Å². The second kappa shape index (κ2) is 7.29. The molecule has 0 bridgehead atoms. The molecule has 2 rings (SSSR count). The molecule has 1 heterocycles. The molecule has 0 atom stereocenters. The molecule has 1 aromatic rings. The third kappa shape index (κ3) is 3.82. The van der Waals surface area contributed by atoms with E-state index in [-0.39, 0.29) is 22.8 Å². The van der Waals surface area contributed by atoms with Gasteiger partial charge in [0.25, 0.3) is 5.91 Å². The minimum Gasteiger partial charge on any atom is -0.496 e. The highest BCUT2D eigenvalue weighted by atomic mass is 32.2. The predicted molar refractivity (Wildman–Crippen MR) is 84.7 cm³/mol. The van der Waals surface area contributed by atoms with Gasteiger partial charge >= 0.3 is 0 Å². The number of primary amides is 1. The van der Waals surface area contributed by atoms with Crippen LogP contribution in [0.2, 0.25) is 0 Å². The quantitative estimate of drug-likeness (QED) is 0.786. The van der Waals surface area contributed by atoms with E-state index in [0.29, 0.717) is 25.4 Å². The van der Waals surface area contributed by atoms with Crippen molar-refractivity contribution >= 4 is 15.9 Å². The van der Waals surface area contributed by atoms with Gasteiger partial charge in [-0.25, -0.2) is 8.42 Å². The molecule has 8 heteroatoms. The van der Waals surface area contributed by atoms with Gasteiger partial charge in [-0.15, -0.1) is 0 Å². The number of aliphatic hydroxyl groups is 1. The van der Waals surface area contributed by atoms with Crippen LogP contribution < -0.4 is 10.5 Å². The molecular formula is C15H22N2O5S. The predicted octanol–water partition coefficient (Wildman–Crippen LogP) is 0.577. The average Bonchev–Trinajstić information content (AvgIpc) is 2.55. The lowest BCUT2D eigenvalue weighted by atomic mass is 9.95. The SMILES string of the molecule is COc1ccc(S(=O)(=O)N2CCC(CCO)CC2)cc1C(N)=O. The number of methoxy groups -OCH3 is 1. The molecule has 0 aliphatic carbocycles. The number of carbonyl (C=O) groups is 1. The van der Waals surface area contributed by atoms with E-state index in [9.17, 15) is 13.2 Å². The van der Waals surface area contributed by atoms with Crippen LogP contribution in [0.4, 0.5) is 0 Å². The zero-order valence-corrected chi connectivity index (χ0v) is 13.9. The van der Waals surface area contributed by atoms with Gasteiger partial charge in [0.2, 0.25) is 10.0 Å². The van der Waals surface area contributed by atoms with Gasteiger partial charge in [0, 0.05) is 19.7 Å². The van der Waals surface area contributed by atoms with Crippen LogP contribution in [0.15, 0.2) is 23.1 Å². The van der Waals surface area contributed by atoms with Gasteiger partial charge in [0.1, 0.15) is 5.75 Å². The lowest BCUT2D eigenvalue weighted by Crippen LogP contribution is -2.38. The fourth-order valence-corrected chi connectivity index (χ4v) is 4.31. The number of hydrogen-bond donors (Lipinski definition) is 2. The Bertz CT molecular complexity index is 666. The molecule has 1 aliphatic heterocycles. The highest BCUT2D eigenvalue weighted by molar-refractivity contribution is 7.89. The van der Waals surface area contributed by atoms with Crippen LogP contribution >= 0.6 is 0 Å². The lowest BCUT2D eigenvalue weighted by molar-refractivity contribution is 0.0997. The fourth-order valence-electron chi connectivity index (χ4n) is 2.81. The molecule has 0 aromatic heterocycles. The van der Waals surface area contributed by atoms with Crippen LogP contribution in [0.25, 0.3) is 0 Å². The first kappa shape index (κ1) is 17.7. The van der Waals surface area contributed by atoms with Crippen LogP contribution in [0.5, 0.6) is 5.75 Å². The Balaban J connectivity index is 2.23. The van der Waals surface area contributed by atoms with Gasteiger partial charge in [-0.2, -0.15) is 4.31 Å². The second-order valence-electron chi connectivity index (χ2n) is 5.59. The summed E-state index contributed by atoms with van der Waals surface area (Å²) in [5, 5.41) is 8.97. The summed E-state index contributed by atoms with van der Waals surface area (Å²) in [4.78, 5) is 11.5. The van der Waals surface area contributed by atoms with Crippen molar-refractivity contribution in [1.29, 1.82) is 0 Å². The number of aliphatic hydroxyl groups excluding tert-OH is 1. The summed E-state index contributed by atoms with van der Waals surface area (Å²) >= 11 is 0. The molecule has 0 saturated carbocycles. The number of benzene rings is 1. The summed E-state index contributed by atoms with van der Waals surface area (Å²) in [5.74, 6) is -0.137. The summed E-state index contributed by atoms with van der Waals surface area (Å²) in [7, 11) is -2.28. The Labute approximate surface area is 136 Å². The van der Waals surface area contributed by atoms with Gasteiger partial charge in [-0.1, -0.05) is 0 Å². The summed E-state index contributed by atoms with van der Waals surface area (Å²) < 4.78 is 31.9. The Kier molecular flexibility index (Phi) is 5.61. The maximum absolute atomic E-state index is 12.7. The minimum atomic E-state index is -3.67. The van der Waals surface area contributed by atoms with Crippen LogP contribution in [0.3, 0.4) is 0 Å². The summed E-state index contributed by atoms with van der Waals surface area (Å²) in [6.07, 6.45) is 2.14. The summed E-state index contributed by atoms with van der Waals surface area (Å²) in [6.45, 7) is 0.938. The number of amides is 1. The van der Waals surface area contributed by atoms with E-state index in [4.69, 9.17) is 15.6 Å². The zero-order valence-electron chi connectivity index (χ0n) is 13.1. The van der Waals surface area contributed by atoms with Crippen molar-refractivity contribution in [2.45, 2.75) is 24.2 Å².